The average Bonchev–Trinajstić information content (AvgIpc) is 2.91. The second-order valence-corrected chi connectivity index (χ2v) is 4.92. The fourth-order valence-corrected chi connectivity index (χ4v) is 2.36. The van der Waals surface area contributed by atoms with Crippen LogP contribution in [0.15, 0.2) is 34.9 Å². The second kappa shape index (κ2) is 5.90. The normalized spacial score (nSPS) is 11.1. The van der Waals surface area contributed by atoms with Crippen LogP contribution in [0.2, 0.25) is 5.02 Å². The highest BCUT2D eigenvalue weighted by Crippen LogP contribution is 2.38. The van der Waals surface area contributed by atoms with Crippen LogP contribution in [-0.2, 0) is 0 Å². The molecule has 22 heavy (non-hydrogen) atoms. The molecule has 7 heteroatoms. The second-order valence-electron chi connectivity index (χ2n) is 4.55. The van der Waals surface area contributed by atoms with Crippen LogP contribution in [-0.4, -0.2) is 18.3 Å². The van der Waals surface area contributed by atoms with Gasteiger partial charge in [0.2, 0.25) is 0 Å². The number of nitrogens with two attached hydrogens (primary N) is 1. The van der Waals surface area contributed by atoms with E-state index in [1.54, 1.807) is 12.1 Å². The van der Waals surface area contributed by atoms with Crippen molar-refractivity contribution in [2.75, 3.05) is 13.2 Å². The SMILES string of the molecule is NCCOc1ccc2c(-c3ccc(F)cc3F)noc2c1Cl. The van der Waals surface area contributed by atoms with E-state index in [1.165, 1.54) is 6.07 Å². The van der Waals surface area contributed by atoms with Crippen molar-refractivity contribution in [3.63, 3.8) is 0 Å². The lowest BCUT2D eigenvalue weighted by Gasteiger charge is -2.06. The van der Waals surface area contributed by atoms with Crippen LogP contribution in [0.1, 0.15) is 0 Å². The van der Waals surface area contributed by atoms with Gasteiger partial charge in [-0.2, -0.15) is 0 Å². The molecule has 3 rings (SSSR count). The molecule has 2 N–H and O–H groups in total. The van der Waals surface area contributed by atoms with Gasteiger partial charge in [0.25, 0.3) is 0 Å². The largest absolute Gasteiger partial charge is 0.491 e. The van der Waals surface area contributed by atoms with E-state index in [0.29, 0.717) is 24.3 Å². The van der Waals surface area contributed by atoms with Gasteiger partial charge >= 0.3 is 0 Å². The molecule has 0 aliphatic carbocycles. The molecule has 0 saturated heterocycles. The molecule has 0 atom stereocenters. The average molecular weight is 325 g/mol. The summed E-state index contributed by atoms with van der Waals surface area (Å²) in [5.41, 5.74) is 6.03. The summed E-state index contributed by atoms with van der Waals surface area (Å²) >= 11 is 6.19. The lowest BCUT2D eigenvalue weighted by atomic mass is 10.1. The minimum Gasteiger partial charge on any atom is -0.491 e. The van der Waals surface area contributed by atoms with E-state index in [2.05, 4.69) is 5.16 Å². The minimum atomic E-state index is -0.727. The summed E-state index contributed by atoms with van der Waals surface area (Å²) in [5, 5.41) is 4.57. The zero-order chi connectivity index (χ0) is 15.7. The first kappa shape index (κ1) is 14.7. The Balaban J connectivity index is 2.11. The highest BCUT2D eigenvalue weighted by Gasteiger charge is 2.18. The number of nitrogens with zero attached hydrogens (tertiary/aromatic N) is 1. The van der Waals surface area contributed by atoms with Gasteiger partial charge in [0.15, 0.2) is 5.58 Å². The smallest absolute Gasteiger partial charge is 0.189 e. The molecule has 0 saturated carbocycles. The zero-order valence-electron chi connectivity index (χ0n) is 11.3. The number of halogens is 3. The lowest BCUT2D eigenvalue weighted by Crippen LogP contribution is -2.10. The number of hydrogen-bond donors (Lipinski definition) is 1. The molecule has 0 aliphatic rings. The van der Waals surface area contributed by atoms with Crippen molar-refractivity contribution in [2.24, 2.45) is 5.73 Å². The number of rotatable bonds is 4. The van der Waals surface area contributed by atoms with Crippen LogP contribution >= 0.6 is 11.6 Å². The van der Waals surface area contributed by atoms with Crippen LogP contribution in [0.5, 0.6) is 5.75 Å². The van der Waals surface area contributed by atoms with Crippen molar-refractivity contribution < 1.29 is 18.0 Å². The molecule has 0 amide bonds. The van der Waals surface area contributed by atoms with Crippen LogP contribution in [0, 0.1) is 11.6 Å². The third kappa shape index (κ3) is 2.51. The minimum absolute atomic E-state index is 0.131. The van der Waals surface area contributed by atoms with Gasteiger partial charge in [-0.25, -0.2) is 8.78 Å². The molecule has 0 radical (unpaired) electrons. The van der Waals surface area contributed by atoms with Crippen LogP contribution in [0.4, 0.5) is 8.78 Å². The highest BCUT2D eigenvalue weighted by molar-refractivity contribution is 6.36. The van der Waals surface area contributed by atoms with E-state index in [9.17, 15) is 8.78 Å². The van der Waals surface area contributed by atoms with E-state index >= 15 is 0 Å². The number of hydrogen-bond acceptors (Lipinski definition) is 4. The lowest BCUT2D eigenvalue weighted by molar-refractivity contribution is 0.328. The molecular weight excluding hydrogens is 314 g/mol. The van der Waals surface area contributed by atoms with Crippen molar-refractivity contribution in [1.82, 2.24) is 5.16 Å². The maximum atomic E-state index is 13.9. The maximum absolute atomic E-state index is 13.9. The van der Waals surface area contributed by atoms with Gasteiger partial charge in [-0.3, -0.25) is 0 Å². The van der Waals surface area contributed by atoms with Gasteiger partial charge in [-0.05, 0) is 24.3 Å². The molecule has 114 valence electrons. The molecule has 0 aliphatic heterocycles. The third-order valence-electron chi connectivity index (χ3n) is 3.11. The van der Waals surface area contributed by atoms with Gasteiger partial charge in [0.1, 0.15) is 34.7 Å². The highest BCUT2D eigenvalue weighted by atomic mass is 35.5. The Labute approximate surface area is 129 Å². The van der Waals surface area contributed by atoms with Gasteiger partial charge in [0.05, 0.1) is 5.39 Å². The first-order valence-corrected chi connectivity index (χ1v) is 6.85. The van der Waals surface area contributed by atoms with Crippen molar-refractivity contribution in [3.05, 3.63) is 47.0 Å². The van der Waals surface area contributed by atoms with Crippen molar-refractivity contribution in [1.29, 1.82) is 0 Å². The summed E-state index contributed by atoms with van der Waals surface area (Å²) in [4.78, 5) is 0. The van der Waals surface area contributed by atoms with Crippen molar-refractivity contribution >= 4 is 22.6 Å². The fraction of sp³-hybridized carbons (Fsp3) is 0.133. The zero-order valence-corrected chi connectivity index (χ0v) is 12.0. The quantitative estimate of drug-likeness (QED) is 0.793. The maximum Gasteiger partial charge on any atom is 0.189 e. The molecule has 0 fully saturated rings. The molecule has 3 aromatic rings. The van der Waals surface area contributed by atoms with E-state index in [0.717, 1.165) is 12.1 Å². The first-order chi connectivity index (χ1) is 10.6. The first-order valence-electron chi connectivity index (χ1n) is 6.48. The number of fused-ring (bicyclic) bond motifs is 1. The Morgan fingerprint density at radius 2 is 2.05 bits per heavy atom. The predicted octanol–water partition coefficient (Wildman–Crippen LogP) is 3.76. The summed E-state index contributed by atoms with van der Waals surface area (Å²) in [6, 6.07) is 6.52. The summed E-state index contributed by atoms with van der Waals surface area (Å²) in [7, 11) is 0. The van der Waals surface area contributed by atoms with Gasteiger partial charge in [0, 0.05) is 18.2 Å². The monoisotopic (exact) mass is 324 g/mol. The molecule has 1 heterocycles. The predicted molar refractivity (Wildman–Crippen MR) is 78.9 cm³/mol. The van der Waals surface area contributed by atoms with Crippen LogP contribution < -0.4 is 10.5 Å². The third-order valence-corrected chi connectivity index (χ3v) is 3.46. The Hall–Kier alpha value is -2.18. The number of aromatic nitrogens is 1. The molecule has 0 unspecified atom stereocenters. The Morgan fingerprint density at radius 3 is 2.77 bits per heavy atom. The standard InChI is InChI=1S/C15H11ClF2N2O2/c16-13-12(21-6-5-19)4-3-10-14(20-22-15(10)13)9-2-1-8(17)7-11(9)18/h1-4,7H,5-6,19H2. The van der Waals surface area contributed by atoms with Gasteiger partial charge in [-0.15, -0.1) is 0 Å². The van der Waals surface area contributed by atoms with Crippen molar-refractivity contribution in [3.8, 4) is 17.0 Å². The number of benzene rings is 2. The molecular formula is C15H11ClF2N2O2. The summed E-state index contributed by atoms with van der Waals surface area (Å²) in [6.45, 7) is 0.648. The number of ether oxygens (including phenoxy) is 1. The van der Waals surface area contributed by atoms with Gasteiger partial charge in [-0.1, -0.05) is 16.8 Å². The Morgan fingerprint density at radius 1 is 1.23 bits per heavy atom. The topological polar surface area (TPSA) is 61.3 Å². The summed E-state index contributed by atoms with van der Waals surface area (Å²) in [6.07, 6.45) is 0. The Kier molecular flexibility index (Phi) is 3.96. The van der Waals surface area contributed by atoms with Crippen molar-refractivity contribution in [2.45, 2.75) is 0 Å². The van der Waals surface area contributed by atoms with Crippen LogP contribution in [0.25, 0.3) is 22.2 Å². The van der Waals surface area contributed by atoms with Gasteiger partial charge < -0.3 is 15.0 Å². The summed E-state index contributed by atoms with van der Waals surface area (Å²) in [5.74, 6) is -0.985. The van der Waals surface area contributed by atoms with Crippen LogP contribution in [0.3, 0.4) is 0 Å². The molecule has 4 nitrogen and oxygen atoms in total. The van der Waals surface area contributed by atoms with E-state index in [-0.39, 0.29) is 21.9 Å². The summed E-state index contributed by atoms with van der Waals surface area (Å²) < 4.78 is 37.5. The molecule has 0 spiro atoms. The fourth-order valence-electron chi connectivity index (χ4n) is 2.11. The molecule has 0 bridgehead atoms. The molecule has 2 aromatic carbocycles. The van der Waals surface area contributed by atoms with E-state index < -0.39 is 11.6 Å². The van der Waals surface area contributed by atoms with E-state index in [4.69, 9.17) is 26.6 Å². The molecule has 1 aromatic heterocycles. The Bertz CT molecular complexity index is 836. The van der Waals surface area contributed by atoms with E-state index in [1.807, 2.05) is 0 Å².